The lowest BCUT2D eigenvalue weighted by molar-refractivity contribution is -0.140. The van der Waals surface area contributed by atoms with E-state index in [9.17, 15) is 9.59 Å². The van der Waals surface area contributed by atoms with Crippen LogP contribution in [0.1, 0.15) is 20.8 Å². The second kappa shape index (κ2) is 4.41. The maximum absolute atomic E-state index is 11.8. The highest BCUT2D eigenvalue weighted by atomic mass is 16.5. The molecule has 5 nitrogen and oxygen atoms in total. The van der Waals surface area contributed by atoms with E-state index in [2.05, 4.69) is 5.32 Å². The molecule has 2 N–H and O–H groups in total. The van der Waals surface area contributed by atoms with Crippen molar-refractivity contribution in [3.05, 3.63) is 0 Å². The number of rotatable bonds is 5. The fourth-order valence-electron chi connectivity index (χ4n) is 2.21. The van der Waals surface area contributed by atoms with Crippen molar-refractivity contribution in [2.75, 3.05) is 13.7 Å². The topological polar surface area (TPSA) is 75.6 Å². The molecule has 0 saturated heterocycles. The molecule has 3 unspecified atom stereocenters. The minimum atomic E-state index is -0.899. The van der Waals surface area contributed by atoms with Crippen molar-refractivity contribution < 1.29 is 19.4 Å². The summed E-state index contributed by atoms with van der Waals surface area (Å²) in [6.45, 7) is 5.86. The van der Waals surface area contributed by atoms with Crippen LogP contribution in [0, 0.1) is 17.3 Å². The summed E-state index contributed by atoms with van der Waals surface area (Å²) in [5.74, 6) is -2.09. The van der Waals surface area contributed by atoms with Gasteiger partial charge in [-0.2, -0.15) is 0 Å². The summed E-state index contributed by atoms with van der Waals surface area (Å²) < 4.78 is 4.90. The van der Waals surface area contributed by atoms with Crippen molar-refractivity contribution in [2.24, 2.45) is 17.3 Å². The third kappa shape index (κ3) is 2.35. The Kier molecular flexibility index (Phi) is 3.57. The maximum Gasteiger partial charge on any atom is 0.307 e. The van der Waals surface area contributed by atoms with Crippen LogP contribution in [-0.4, -0.2) is 36.7 Å². The zero-order valence-corrected chi connectivity index (χ0v) is 10.1. The quantitative estimate of drug-likeness (QED) is 0.719. The zero-order chi connectivity index (χ0) is 12.5. The van der Waals surface area contributed by atoms with Gasteiger partial charge in [-0.05, 0) is 12.3 Å². The molecular weight excluding hydrogens is 210 g/mol. The van der Waals surface area contributed by atoms with Crippen LogP contribution in [-0.2, 0) is 14.3 Å². The molecule has 0 aromatic carbocycles. The molecule has 1 rings (SSSR count). The molecular formula is C11H19NO4. The van der Waals surface area contributed by atoms with E-state index in [4.69, 9.17) is 9.84 Å². The molecule has 1 fully saturated rings. The minimum Gasteiger partial charge on any atom is -0.481 e. The summed E-state index contributed by atoms with van der Waals surface area (Å²) in [7, 11) is 1.56. The number of carbonyl (C=O) groups is 2. The fourth-order valence-corrected chi connectivity index (χ4v) is 2.21. The van der Waals surface area contributed by atoms with Crippen LogP contribution in [0.5, 0.6) is 0 Å². The van der Waals surface area contributed by atoms with Gasteiger partial charge in [-0.1, -0.05) is 13.8 Å². The molecule has 0 heterocycles. The summed E-state index contributed by atoms with van der Waals surface area (Å²) in [6, 6.07) is -0.0941. The highest BCUT2D eigenvalue weighted by Gasteiger charge is 2.65. The lowest BCUT2D eigenvalue weighted by Gasteiger charge is -2.13. The van der Waals surface area contributed by atoms with Crippen LogP contribution < -0.4 is 5.32 Å². The van der Waals surface area contributed by atoms with E-state index >= 15 is 0 Å². The number of nitrogens with one attached hydrogen (secondary N) is 1. The van der Waals surface area contributed by atoms with Crippen LogP contribution in [0.3, 0.4) is 0 Å². The third-order valence-electron chi connectivity index (χ3n) is 3.18. The van der Waals surface area contributed by atoms with Crippen LogP contribution >= 0.6 is 0 Å². The summed E-state index contributed by atoms with van der Waals surface area (Å²) in [6.07, 6.45) is 0. The smallest absolute Gasteiger partial charge is 0.307 e. The Labute approximate surface area is 95.2 Å². The standard InChI is InChI=1S/C11H19NO4/c1-6(5-16-4)12-9(13)7-8(10(14)15)11(7,2)3/h6-8H,5H2,1-4H3,(H,12,13)(H,14,15). The van der Waals surface area contributed by atoms with Gasteiger partial charge in [-0.15, -0.1) is 0 Å². The minimum absolute atomic E-state index is 0.0941. The molecule has 1 aliphatic carbocycles. The number of methoxy groups -OCH3 is 1. The van der Waals surface area contributed by atoms with E-state index in [0.717, 1.165) is 0 Å². The Morgan fingerprint density at radius 1 is 1.44 bits per heavy atom. The van der Waals surface area contributed by atoms with Gasteiger partial charge in [0.2, 0.25) is 5.91 Å². The van der Waals surface area contributed by atoms with Gasteiger partial charge in [0.05, 0.1) is 18.4 Å². The van der Waals surface area contributed by atoms with Crippen molar-refractivity contribution in [3.63, 3.8) is 0 Å². The van der Waals surface area contributed by atoms with Gasteiger partial charge in [-0.3, -0.25) is 9.59 Å². The predicted molar refractivity (Wildman–Crippen MR) is 57.9 cm³/mol. The number of hydrogen-bond acceptors (Lipinski definition) is 3. The fraction of sp³-hybridized carbons (Fsp3) is 0.818. The number of carbonyl (C=O) groups excluding carboxylic acids is 1. The highest BCUT2D eigenvalue weighted by molar-refractivity contribution is 5.91. The monoisotopic (exact) mass is 229 g/mol. The summed E-state index contributed by atoms with van der Waals surface area (Å²) in [4.78, 5) is 22.7. The van der Waals surface area contributed by atoms with E-state index in [-0.39, 0.29) is 11.9 Å². The third-order valence-corrected chi connectivity index (χ3v) is 3.18. The Hall–Kier alpha value is -1.10. The van der Waals surface area contributed by atoms with Gasteiger partial charge in [0.25, 0.3) is 0 Å². The number of aliphatic carboxylic acids is 1. The number of amides is 1. The summed E-state index contributed by atoms with van der Waals surface area (Å²) in [5.41, 5.74) is -0.442. The first-order valence-electron chi connectivity index (χ1n) is 5.34. The predicted octanol–water partition coefficient (Wildman–Crippen LogP) is 0.494. The second-order valence-electron chi connectivity index (χ2n) is 4.98. The molecule has 1 aliphatic rings. The lowest BCUT2D eigenvalue weighted by atomic mass is 10.1. The normalized spacial score (nSPS) is 28.2. The van der Waals surface area contributed by atoms with Gasteiger partial charge in [-0.25, -0.2) is 0 Å². The molecule has 1 saturated carbocycles. The molecule has 0 aromatic rings. The Balaban J connectivity index is 2.54. The van der Waals surface area contributed by atoms with E-state index in [1.807, 2.05) is 6.92 Å². The molecule has 0 aliphatic heterocycles. The number of carboxylic acids is 1. The van der Waals surface area contributed by atoms with Crippen LogP contribution in [0.15, 0.2) is 0 Å². The van der Waals surface area contributed by atoms with E-state index in [0.29, 0.717) is 6.61 Å². The summed E-state index contributed by atoms with van der Waals surface area (Å²) in [5, 5.41) is 11.7. The van der Waals surface area contributed by atoms with Crippen LogP contribution in [0.4, 0.5) is 0 Å². The van der Waals surface area contributed by atoms with Crippen LogP contribution in [0.2, 0.25) is 0 Å². The van der Waals surface area contributed by atoms with Gasteiger partial charge < -0.3 is 15.2 Å². The van der Waals surface area contributed by atoms with Crippen molar-refractivity contribution in [2.45, 2.75) is 26.8 Å². The van der Waals surface area contributed by atoms with Gasteiger partial charge >= 0.3 is 5.97 Å². The van der Waals surface area contributed by atoms with E-state index < -0.39 is 23.2 Å². The number of hydrogen-bond donors (Lipinski definition) is 2. The van der Waals surface area contributed by atoms with Gasteiger partial charge in [0.1, 0.15) is 0 Å². The molecule has 0 spiro atoms. The molecule has 0 radical (unpaired) electrons. The molecule has 0 aromatic heterocycles. The zero-order valence-electron chi connectivity index (χ0n) is 10.1. The van der Waals surface area contributed by atoms with E-state index in [1.165, 1.54) is 0 Å². The number of carboxylic acid groups (broad SMARTS) is 1. The van der Waals surface area contributed by atoms with Gasteiger partial charge in [0.15, 0.2) is 0 Å². The molecule has 92 valence electrons. The van der Waals surface area contributed by atoms with Gasteiger partial charge in [0, 0.05) is 13.2 Å². The van der Waals surface area contributed by atoms with Crippen molar-refractivity contribution in [3.8, 4) is 0 Å². The molecule has 1 amide bonds. The lowest BCUT2D eigenvalue weighted by Crippen LogP contribution is -2.37. The first-order valence-corrected chi connectivity index (χ1v) is 5.34. The first-order chi connectivity index (χ1) is 7.32. The average Bonchev–Trinajstić information content (AvgIpc) is 2.69. The largest absolute Gasteiger partial charge is 0.481 e. The first kappa shape index (κ1) is 13.0. The highest BCUT2D eigenvalue weighted by Crippen LogP contribution is 2.58. The molecule has 3 atom stereocenters. The molecule has 16 heavy (non-hydrogen) atoms. The summed E-state index contributed by atoms with van der Waals surface area (Å²) >= 11 is 0. The number of ether oxygens (including phenoxy) is 1. The van der Waals surface area contributed by atoms with Crippen LogP contribution in [0.25, 0.3) is 0 Å². The Morgan fingerprint density at radius 2 is 2.00 bits per heavy atom. The molecule has 5 heteroatoms. The van der Waals surface area contributed by atoms with Crippen molar-refractivity contribution in [1.82, 2.24) is 5.32 Å². The maximum atomic E-state index is 11.8. The Bertz CT molecular complexity index is 300. The Morgan fingerprint density at radius 3 is 2.38 bits per heavy atom. The second-order valence-corrected chi connectivity index (χ2v) is 4.98. The SMILES string of the molecule is COCC(C)NC(=O)C1C(C(=O)O)C1(C)C. The average molecular weight is 229 g/mol. The van der Waals surface area contributed by atoms with Crippen molar-refractivity contribution in [1.29, 1.82) is 0 Å². The van der Waals surface area contributed by atoms with E-state index in [1.54, 1.807) is 21.0 Å². The molecule has 0 bridgehead atoms. The van der Waals surface area contributed by atoms with Crippen molar-refractivity contribution >= 4 is 11.9 Å².